The van der Waals surface area contributed by atoms with Crippen LogP contribution in [0.15, 0.2) is 82.2 Å². The third-order valence-electron chi connectivity index (χ3n) is 8.01. The molecule has 2 N–H and O–H groups in total. The van der Waals surface area contributed by atoms with Crippen molar-refractivity contribution in [2.75, 3.05) is 4.90 Å². The number of hydrogen-bond acceptors (Lipinski definition) is 7. The van der Waals surface area contributed by atoms with Gasteiger partial charge in [0.05, 0.1) is 33.2 Å². The second-order valence-corrected chi connectivity index (χ2v) is 13.2. The molecule has 7 nitrogen and oxygen atoms in total. The number of rotatable bonds is 6. The van der Waals surface area contributed by atoms with Gasteiger partial charge in [0, 0.05) is 40.5 Å². The number of nitrogens with two attached hydrogens (primary N) is 1. The number of thioether (sulfide) groups is 1. The van der Waals surface area contributed by atoms with Crippen molar-refractivity contribution in [2.24, 2.45) is 11.1 Å². The van der Waals surface area contributed by atoms with Crippen molar-refractivity contribution < 1.29 is 14.1 Å². The average Bonchev–Trinajstić information content (AvgIpc) is 2.93. The SMILES string of the molecule is Cc1cc(C)c(C2C(C#N)=C(N)N(c3ccc([N+](=O)[O-])cc3Cl)C3=C2C(=O)CC(C)(C)C3)cc1CSc1ccc(F)cc1. The zero-order chi connectivity index (χ0) is 31.2. The summed E-state index contributed by atoms with van der Waals surface area (Å²) in [7, 11) is 0. The Kier molecular flexibility index (Phi) is 8.12. The van der Waals surface area contributed by atoms with Crippen LogP contribution < -0.4 is 10.6 Å². The Hall–Kier alpha value is -4.13. The number of nitrogens with zero attached hydrogens (tertiary/aromatic N) is 3. The van der Waals surface area contributed by atoms with Gasteiger partial charge in [-0.2, -0.15) is 5.26 Å². The number of anilines is 1. The normalized spacial score (nSPS) is 18.0. The summed E-state index contributed by atoms with van der Waals surface area (Å²) in [6, 6.07) is 16.8. The van der Waals surface area contributed by atoms with E-state index in [1.54, 1.807) is 28.8 Å². The van der Waals surface area contributed by atoms with E-state index in [0.717, 1.165) is 27.1 Å². The molecule has 0 amide bonds. The number of carbonyl (C=O) groups excluding carboxylic acids is 1. The van der Waals surface area contributed by atoms with E-state index in [1.165, 1.54) is 30.3 Å². The van der Waals surface area contributed by atoms with Gasteiger partial charge in [0.2, 0.25) is 0 Å². The fourth-order valence-electron chi connectivity index (χ4n) is 5.96. The number of benzene rings is 3. The standard InChI is InChI=1S/C33H30ClFN4O3S/c1-18-11-19(2)24(12-20(18)17-43-23-8-5-21(35)6-9-23)30-25(16-36)32(37)38(27-10-7-22(39(41)42)13-26(27)34)28-14-33(3,4)15-29(40)31(28)30/h5-13,30H,14-15,17,37H2,1-4H3. The van der Waals surface area contributed by atoms with E-state index in [2.05, 4.69) is 12.1 Å². The van der Waals surface area contributed by atoms with Crippen LogP contribution in [0.2, 0.25) is 5.02 Å². The summed E-state index contributed by atoms with van der Waals surface area (Å²) in [5.41, 5.74) is 11.7. The van der Waals surface area contributed by atoms with Crippen LogP contribution >= 0.6 is 23.4 Å². The molecule has 0 radical (unpaired) electrons. The molecular weight excluding hydrogens is 587 g/mol. The molecule has 3 aromatic rings. The molecule has 1 unspecified atom stereocenters. The monoisotopic (exact) mass is 616 g/mol. The molecule has 0 aromatic heterocycles. The number of ketones is 1. The van der Waals surface area contributed by atoms with E-state index in [4.69, 9.17) is 17.3 Å². The van der Waals surface area contributed by atoms with Crippen LogP contribution in [-0.4, -0.2) is 10.7 Å². The number of halogens is 2. The number of nitriles is 1. The smallest absolute Gasteiger partial charge is 0.271 e. The molecule has 0 fully saturated rings. The van der Waals surface area contributed by atoms with Crippen molar-refractivity contribution in [3.8, 4) is 6.07 Å². The predicted octanol–water partition coefficient (Wildman–Crippen LogP) is 8.24. The summed E-state index contributed by atoms with van der Waals surface area (Å²) in [4.78, 5) is 27.4. The van der Waals surface area contributed by atoms with Gasteiger partial charge in [0.15, 0.2) is 5.78 Å². The Balaban J connectivity index is 1.67. The first-order valence-corrected chi connectivity index (χ1v) is 15.1. The molecule has 5 rings (SSSR count). The lowest BCUT2D eigenvalue weighted by Gasteiger charge is -2.44. The number of allylic oxidation sites excluding steroid dienone is 3. The molecule has 0 saturated heterocycles. The van der Waals surface area contributed by atoms with Crippen LogP contribution in [0.3, 0.4) is 0 Å². The minimum atomic E-state index is -0.688. The second kappa shape index (κ2) is 11.5. The third-order valence-corrected chi connectivity index (χ3v) is 9.37. The Morgan fingerprint density at radius 3 is 2.47 bits per heavy atom. The summed E-state index contributed by atoms with van der Waals surface area (Å²) in [5, 5.41) is 22.0. The first kappa shape index (κ1) is 30.3. The number of carbonyl (C=O) groups is 1. The molecule has 1 aliphatic heterocycles. The summed E-state index contributed by atoms with van der Waals surface area (Å²) in [6.07, 6.45) is 0.774. The van der Waals surface area contributed by atoms with E-state index in [-0.39, 0.29) is 33.7 Å². The molecule has 0 saturated carbocycles. The van der Waals surface area contributed by atoms with Crippen LogP contribution in [0.1, 0.15) is 54.9 Å². The average molecular weight is 617 g/mol. The summed E-state index contributed by atoms with van der Waals surface area (Å²) in [5.74, 6) is -0.323. The van der Waals surface area contributed by atoms with Gasteiger partial charge in [-0.25, -0.2) is 4.39 Å². The fourth-order valence-corrected chi connectivity index (χ4v) is 7.18. The highest BCUT2D eigenvalue weighted by Crippen LogP contribution is 2.52. The maximum Gasteiger partial charge on any atom is 0.271 e. The van der Waals surface area contributed by atoms with Gasteiger partial charge in [-0.3, -0.25) is 19.8 Å². The Morgan fingerprint density at radius 1 is 1.14 bits per heavy atom. The Morgan fingerprint density at radius 2 is 1.84 bits per heavy atom. The number of nitro benzene ring substituents is 1. The fraction of sp³-hybridized carbons (Fsp3) is 0.273. The van der Waals surface area contributed by atoms with Gasteiger partial charge in [-0.1, -0.05) is 37.6 Å². The Labute approximate surface area is 259 Å². The maximum absolute atomic E-state index is 14.0. The molecule has 0 bridgehead atoms. The van der Waals surface area contributed by atoms with Gasteiger partial charge in [-0.15, -0.1) is 11.8 Å². The van der Waals surface area contributed by atoms with Crippen molar-refractivity contribution in [3.63, 3.8) is 0 Å². The zero-order valence-electron chi connectivity index (χ0n) is 24.2. The van der Waals surface area contributed by atoms with Crippen LogP contribution in [0.25, 0.3) is 0 Å². The lowest BCUT2D eigenvalue weighted by Crippen LogP contribution is -2.42. The van der Waals surface area contributed by atoms with E-state index < -0.39 is 16.3 Å². The quantitative estimate of drug-likeness (QED) is 0.168. The number of aryl methyl sites for hydroxylation is 2. The highest BCUT2D eigenvalue weighted by Gasteiger charge is 2.45. The molecule has 1 heterocycles. The highest BCUT2D eigenvalue weighted by molar-refractivity contribution is 7.98. The first-order chi connectivity index (χ1) is 20.3. The predicted molar refractivity (Wildman–Crippen MR) is 167 cm³/mol. The highest BCUT2D eigenvalue weighted by atomic mass is 35.5. The lowest BCUT2D eigenvalue weighted by atomic mass is 9.68. The maximum atomic E-state index is 14.0. The molecule has 2 aliphatic rings. The topological polar surface area (TPSA) is 113 Å². The first-order valence-electron chi connectivity index (χ1n) is 13.7. The van der Waals surface area contributed by atoms with E-state index in [9.17, 15) is 24.6 Å². The van der Waals surface area contributed by atoms with Crippen LogP contribution in [-0.2, 0) is 10.5 Å². The molecule has 3 aromatic carbocycles. The summed E-state index contributed by atoms with van der Waals surface area (Å²) in [6.45, 7) is 7.98. The minimum absolute atomic E-state index is 0.0817. The molecule has 1 atom stereocenters. The van der Waals surface area contributed by atoms with Crippen LogP contribution in [0, 0.1) is 46.5 Å². The largest absolute Gasteiger partial charge is 0.384 e. The molecule has 220 valence electrons. The molecule has 10 heteroatoms. The number of nitro groups is 1. The molecular formula is C33H30ClFN4O3S. The number of Topliss-reactive ketones (excluding diaryl/α,β-unsaturated/α-hetero) is 1. The van der Waals surface area contributed by atoms with Crippen molar-refractivity contribution in [1.29, 1.82) is 5.26 Å². The summed E-state index contributed by atoms with van der Waals surface area (Å²) >= 11 is 8.15. The minimum Gasteiger partial charge on any atom is -0.384 e. The van der Waals surface area contributed by atoms with Gasteiger partial charge >= 0.3 is 0 Å². The van der Waals surface area contributed by atoms with E-state index in [0.29, 0.717) is 35.6 Å². The van der Waals surface area contributed by atoms with Crippen LogP contribution in [0.4, 0.5) is 15.8 Å². The molecule has 43 heavy (non-hydrogen) atoms. The van der Waals surface area contributed by atoms with Gasteiger partial charge in [0.25, 0.3) is 5.69 Å². The second-order valence-electron chi connectivity index (χ2n) is 11.8. The number of non-ortho nitro benzene ring substituents is 1. The van der Waals surface area contributed by atoms with Crippen molar-refractivity contribution in [3.05, 3.63) is 120 Å². The molecule has 0 spiro atoms. The number of hydrogen-bond donors (Lipinski definition) is 1. The lowest BCUT2D eigenvalue weighted by molar-refractivity contribution is -0.384. The molecule has 1 aliphatic carbocycles. The zero-order valence-corrected chi connectivity index (χ0v) is 25.8. The van der Waals surface area contributed by atoms with Crippen molar-refractivity contribution in [1.82, 2.24) is 0 Å². The van der Waals surface area contributed by atoms with E-state index in [1.807, 2.05) is 33.8 Å². The van der Waals surface area contributed by atoms with Gasteiger partial charge < -0.3 is 5.73 Å². The van der Waals surface area contributed by atoms with Gasteiger partial charge in [-0.05, 0) is 78.3 Å². The van der Waals surface area contributed by atoms with Gasteiger partial charge in [0.1, 0.15) is 11.6 Å². The van der Waals surface area contributed by atoms with Crippen molar-refractivity contribution >= 4 is 40.5 Å². The summed E-state index contributed by atoms with van der Waals surface area (Å²) < 4.78 is 13.4. The van der Waals surface area contributed by atoms with Crippen LogP contribution in [0.5, 0.6) is 0 Å². The van der Waals surface area contributed by atoms with E-state index >= 15 is 0 Å². The van der Waals surface area contributed by atoms with Crippen molar-refractivity contribution in [2.45, 2.75) is 57.1 Å². The third kappa shape index (κ3) is 5.77. The Bertz CT molecular complexity index is 1780.